The van der Waals surface area contributed by atoms with Crippen LogP contribution in [-0.2, 0) is 24.2 Å². The molecule has 44 heavy (non-hydrogen) atoms. The molecule has 1 unspecified atom stereocenters. The highest BCUT2D eigenvalue weighted by atomic mass is 16.6. The molecule has 0 aliphatic carbocycles. The molecule has 0 aromatic heterocycles. The summed E-state index contributed by atoms with van der Waals surface area (Å²) in [6.45, 7) is 15.9. The lowest BCUT2D eigenvalue weighted by atomic mass is 10.1. The van der Waals surface area contributed by atoms with Crippen LogP contribution in [0.2, 0.25) is 0 Å². The molecule has 0 bridgehead atoms. The number of amides is 1. The maximum Gasteiger partial charge on any atom is 0.274 e. The molecule has 3 aromatic rings. The average molecular weight is 599 g/mol. The van der Waals surface area contributed by atoms with E-state index in [4.69, 9.17) is 11.3 Å². The number of piperazine rings is 1. The van der Waals surface area contributed by atoms with Crippen molar-refractivity contribution in [2.75, 3.05) is 62.7 Å². The Hall–Kier alpha value is -4.62. The van der Waals surface area contributed by atoms with E-state index >= 15 is 0 Å². The number of benzene rings is 3. The van der Waals surface area contributed by atoms with Gasteiger partial charge in [-0.05, 0) is 55.7 Å². The maximum atomic E-state index is 13.1. The average Bonchev–Trinajstić information content (AvgIpc) is 3.05. The van der Waals surface area contributed by atoms with E-state index in [1.165, 1.54) is 0 Å². The highest BCUT2D eigenvalue weighted by Gasteiger charge is 2.25. The van der Waals surface area contributed by atoms with Crippen LogP contribution >= 0.6 is 0 Å². The van der Waals surface area contributed by atoms with Crippen molar-refractivity contribution in [3.05, 3.63) is 105 Å². The summed E-state index contributed by atoms with van der Waals surface area (Å²) in [5.41, 5.74) is 4.84. The van der Waals surface area contributed by atoms with Crippen molar-refractivity contribution in [2.24, 2.45) is 0 Å². The number of nitro groups is 1. The minimum atomic E-state index is -0.449. The Bertz CT molecular complexity index is 1450. The number of carbonyl (C=O) groups excluding carboxylic acids is 1. The van der Waals surface area contributed by atoms with E-state index in [1.54, 1.807) is 19.2 Å². The Kier molecular flexibility index (Phi) is 11.5. The van der Waals surface area contributed by atoms with Crippen LogP contribution in [0.15, 0.2) is 66.7 Å². The first-order chi connectivity index (χ1) is 21.3. The Labute approximate surface area is 260 Å². The molecule has 1 fully saturated rings. The fourth-order valence-corrected chi connectivity index (χ4v) is 5.69. The molecule has 232 valence electrons. The molecule has 4 rings (SSSR count). The fraction of sp³-hybridized carbons (Fsp3) is 0.412. The lowest BCUT2D eigenvalue weighted by Crippen LogP contribution is -2.46. The summed E-state index contributed by atoms with van der Waals surface area (Å²) >= 11 is 0. The maximum absolute atomic E-state index is 13.1. The number of nitrogens with one attached hydrogen (secondary N) is 1. The topological polar surface area (TPSA) is 95.5 Å². The molecule has 10 heteroatoms. The molecule has 1 N–H and O–H groups in total. The number of para-hydroxylation sites is 2. The van der Waals surface area contributed by atoms with Gasteiger partial charge >= 0.3 is 0 Å². The van der Waals surface area contributed by atoms with E-state index in [0.29, 0.717) is 38.2 Å². The number of anilines is 2. The van der Waals surface area contributed by atoms with Crippen molar-refractivity contribution < 1.29 is 14.5 Å². The van der Waals surface area contributed by atoms with Gasteiger partial charge in [-0.1, -0.05) is 36.4 Å². The van der Waals surface area contributed by atoms with Gasteiger partial charge in [-0.3, -0.25) is 19.8 Å². The molecule has 0 radical (unpaired) electrons. The molecule has 1 aliphatic rings. The Balaban J connectivity index is 1.37. The van der Waals surface area contributed by atoms with Crippen molar-refractivity contribution in [3.63, 3.8) is 0 Å². The number of likely N-dealkylation sites (N-methyl/N-ethyl adjacent to an activating group) is 1. The summed E-state index contributed by atoms with van der Waals surface area (Å²) < 4.78 is 5.53. The zero-order valence-electron chi connectivity index (χ0n) is 25.9. The summed E-state index contributed by atoms with van der Waals surface area (Å²) in [4.78, 5) is 34.7. The number of nitro benzene ring substituents is 1. The highest BCUT2D eigenvalue weighted by molar-refractivity contribution is 5.85. The summed E-state index contributed by atoms with van der Waals surface area (Å²) in [6.07, 6.45) is 1.45. The van der Waals surface area contributed by atoms with Crippen molar-refractivity contribution in [1.82, 2.24) is 10.2 Å². The molecule has 1 atom stereocenters. The molecular formula is C34H42N6O4. The molecule has 1 heterocycles. The predicted octanol–water partition coefficient (Wildman–Crippen LogP) is 4.96. The number of ether oxygens (including phenoxy) is 1. The second-order valence-electron chi connectivity index (χ2n) is 11.0. The second-order valence-corrected chi connectivity index (χ2v) is 11.0. The summed E-state index contributed by atoms with van der Waals surface area (Å²) in [5.74, 6) is 0.748. The van der Waals surface area contributed by atoms with Gasteiger partial charge in [0.15, 0.2) is 0 Å². The first kappa shape index (κ1) is 32.3. The van der Waals surface area contributed by atoms with Crippen LogP contribution in [0.25, 0.3) is 4.85 Å². The third-order valence-electron chi connectivity index (χ3n) is 8.22. The van der Waals surface area contributed by atoms with Crippen LogP contribution < -0.4 is 19.9 Å². The molecule has 1 aliphatic heterocycles. The van der Waals surface area contributed by atoms with E-state index in [0.717, 1.165) is 60.9 Å². The van der Waals surface area contributed by atoms with Crippen LogP contribution in [0.4, 0.5) is 17.1 Å². The molecule has 10 nitrogen and oxygen atoms in total. The lowest BCUT2D eigenvalue weighted by molar-refractivity contribution is -0.385. The summed E-state index contributed by atoms with van der Waals surface area (Å²) in [6, 6.07) is 20.8. The van der Waals surface area contributed by atoms with E-state index in [2.05, 4.69) is 26.0 Å². The standard InChI is InChI=1S/C34H42N6O4/c1-5-39(26(2)34(41)36-19-17-28-12-10-27(11-13-28)16-18-35-3)30-14-15-31(40(42)43)29(24-30)25-37-20-22-38(23-21-37)32-8-6-7-9-33(32)44-4/h6-15,24,26H,5,16-23,25H2,1-2,4H3,(H,36,41). The molecular weight excluding hydrogens is 556 g/mol. The summed E-state index contributed by atoms with van der Waals surface area (Å²) in [7, 11) is 1.67. The Morgan fingerprint density at radius 3 is 2.39 bits per heavy atom. The van der Waals surface area contributed by atoms with E-state index in [1.807, 2.05) is 67.3 Å². The van der Waals surface area contributed by atoms with Crippen molar-refractivity contribution in [3.8, 4) is 5.75 Å². The van der Waals surface area contributed by atoms with Gasteiger partial charge in [0.1, 0.15) is 11.8 Å². The molecule has 0 saturated carbocycles. The third kappa shape index (κ3) is 8.26. The zero-order valence-corrected chi connectivity index (χ0v) is 25.9. The fourth-order valence-electron chi connectivity index (χ4n) is 5.69. The minimum absolute atomic E-state index is 0.0899. The highest BCUT2D eigenvalue weighted by Crippen LogP contribution is 2.30. The first-order valence-corrected chi connectivity index (χ1v) is 15.2. The molecule has 3 aromatic carbocycles. The van der Waals surface area contributed by atoms with Gasteiger partial charge in [-0.25, -0.2) is 6.57 Å². The van der Waals surface area contributed by atoms with Crippen molar-refractivity contribution in [1.29, 1.82) is 0 Å². The van der Waals surface area contributed by atoms with Crippen LogP contribution in [-0.4, -0.2) is 74.7 Å². The zero-order chi connectivity index (χ0) is 31.5. The minimum Gasteiger partial charge on any atom is -0.495 e. The number of rotatable bonds is 14. The number of carbonyl (C=O) groups is 1. The number of hydrogen-bond donors (Lipinski definition) is 1. The Morgan fingerprint density at radius 2 is 1.75 bits per heavy atom. The molecule has 1 saturated heterocycles. The SMILES string of the molecule is [C-]#[N+]CCc1ccc(CCNC(=O)C(C)N(CC)c2ccc([N+](=O)[O-])c(CN3CCN(c4ccccc4OC)CC3)c2)cc1. The largest absolute Gasteiger partial charge is 0.495 e. The van der Waals surface area contributed by atoms with Gasteiger partial charge in [0.25, 0.3) is 5.69 Å². The quantitative estimate of drug-likeness (QED) is 0.159. The number of methoxy groups -OCH3 is 1. The van der Waals surface area contributed by atoms with Gasteiger partial charge in [-0.2, -0.15) is 0 Å². The first-order valence-electron chi connectivity index (χ1n) is 15.2. The van der Waals surface area contributed by atoms with Gasteiger partial charge < -0.3 is 24.7 Å². The van der Waals surface area contributed by atoms with Crippen LogP contribution in [0.3, 0.4) is 0 Å². The number of hydrogen-bond acceptors (Lipinski definition) is 7. The van der Waals surface area contributed by atoms with E-state index < -0.39 is 6.04 Å². The van der Waals surface area contributed by atoms with Gasteiger partial charge in [0.2, 0.25) is 12.5 Å². The molecule has 0 spiro atoms. The molecule has 1 amide bonds. The third-order valence-corrected chi connectivity index (χ3v) is 8.22. The second kappa shape index (κ2) is 15.7. The monoisotopic (exact) mass is 598 g/mol. The predicted molar refractivity (Wildman–Crippen MR) is 174 cm³/mol. The number of nitrogens with zero attached hydrogens (tertiary/aromatic N) is 5. The van der Waals surface area contributed by atoms with Crippen molar-refractivity contribution >= 4 is 23.0 Å². The Morgan fingerprint density at radius 1 is 1.07 bits per heavy atom. The van der Waals surface area contributed by atoms with Crippen LogP contribution in [0.1, 0.15) is 30.5 Å². The summed E-state index contributed by atoms with van der Waals surface area (Å²) in [5, 5.41) is 15.0. The van der Waals surface area contributed by atoms with E-state index in [-0.39, 0.29) is 16.5 Å². The van der Waals surface area contributed by atoms with Gasteiger partial charge in [0, 0.05) is 69.6 Å². The van der Waals surface area contributed by atoms with Crippen LogP contribution in [0, 0.1) is 16.7 Å². The van der Waals surface area contributed by atoms with Crippen LogP contribution in [0.5, 0.6) is 5.75 Å². The smallest absolute Gasteiger partial charge is 0.274 e. The van der Waals surface area contributed by atoms with Crippen molar-refractivity contribution in [2.45, 2.75) is 39.3 Å². The van der Waals surface area contributed by atoms with E-state index in [9.17, 15) is 14.9 Å². The lowest BCUT2D eigenvalue weighted by Gasteiger charge is -2.36. The van der Waals surface area contributed by atoms with Gasteiger partial charge in [0.05, 0.1) is 17.7 Å². The van der Waals surface area contributed by atoms with Gasteiger partial charge in [-0.15, -0.1) is 0 Å². The normalized spacial score (nSPS) is 14.0.